The van der Waals surface area contributed by atoms with Crippen molar-refractivity contribution in [1.29, 1.82) is 0 Å². The molecule has 0 atom stereocenters. The molecule has 0 fully saturated rings. The molecule has 0 N–H and O–H groups in total. The minimum atomic E-state index is 0.564. The van der Waals surface area contributed by atoms with Gasteiger partial charge in [-0.05, 0) is 6.42 Å². The van der Waals surface area contributed by atoms with E-state index in [9.17, 15) is 4.79 Å². The summed E-state index contributed by atoms with van der Waals surface area (Å²) in [4.78, 5) is 10.1. The highest BCUT2D eigenvalue weighted by molar-refractivity contribution is 5.55. The maximum atomic E-state index is 10.1. The topological polar surface area (TPSA) is 17.1 Å². The highest BCUT2D eigenvalue weighted by Crippen LogP contribution is 2.08. The zero-order valence-electron chi connectivity index (χ0n) is 5.79. The summed E-state index contributed by atoms with van der Waals surface area (Å²) in [6.07, 6.45) is 12.4. The number of hydrogen-bond acceptors (Lipinski definition) is 1. The van der Waals surface area contributed by atoms with Gasteiger partial charge in [-0.25, -0.2) is 0 Å². The van der Waals surface area contributed by atoms with Crippen LogP contribution in [-0.4, -0.2) is 6.29 Å². The molecule has 0 saturated carbocycles. The number of carbonyl (C=O) groups is 1. The van der Waals surface area contributed by atoms with Crippen LogP contribution in [-0.2, 0) is 4.79 Å². The predicted octanol–water partition coefficient (Wildman–Crippen LogP) is 2.02. The van der Waals surface area contributed by atoms with Gasteiger partial charge in [-0.1, -0.05) is 36.0 Å². The molecule has 0 radical (unpaired) electrons. The quantitative estimate of drug-likeness (QED) is 0.528. The van der Waals surface area contributed by atoms with Crippen molar-refractivity contribution < 1.29 is 4.79 Å². The van der Waals surface area contributed by atoms with Crippen LogP contribution in [0.15, 0.2) is 36.0 Å². The van der Waals surface area contributed by atoms with E-state index in [4.69, 9.17) is 0 Å². The molecule has 0 spiro atoms. The molecule has 0 aromatic carbocycles. The smallest absolute Gasteiger partial charge is 0.124 e. The van der Waals surface area contributed by atoms with Crippen molar-refractivity contribution in [2.24, 2.45) is 0 Å². The highest BCUT2D eigenvalue weighted by atomic mass is 16.1. The average Bonchev–Trinajstić information content (AvgIpc) is 2.17. The van der Waals surface area contributed by atoms with Crippen molar-refractivity contribution >= 4 is 6.29 Å². The first-order chi connectivity index (χ1) is 4.93. The van der Waals surface area contributed by atoms with Gasteiger partial charge in [0.15, 0.2) is 0 Å². The lowest BCUT2D eigenvalue weighted by molar-refractivity contribution is -0.107. The molecule has 10 heavy (non-hydrogen) atoms. The number of hydrogen-bond donors (Lipinski definition) is 0. The van der Waals surface area contributed by atoms with Crippen LogP contribution in [0.5, 0.6) is 0 Å². The second kappa shape index (κ2) is 3.83. The van der Waals surface area contributed by atoms with E-state index in [0.717, 1.165) is 12.7 Å². The van der Waals surface area contributed by atoms with E-state index in [1.54, 1.807) is 0 Å². The van der Waals surface area contributed by atoms with Crippen LogP contribution in [0.25, 0.3) is 0 Å². The first-order valence-electron chi connectivity index (χ1n) is 3.38. The lowest BCUT2D eigenvalue weighted by Gasteiger charge is -1.93. The summed E-state index contributed by atoms with van der Waals surface area (Å²) in [5.41, 5.74) is 1.18. The van der Waals surface area contributed by atoms with Crippen LogP contribution in [0, 0.1) is 0 Å². The Balaban J connectivity index is 2.58. The monoisotopic (exact) mass is 134 g/mol. The van der Waals surface area contributed by atoms with E-state index in [2.05, 4.69) is 6.08 Å². The normalized spacial score (nSPS) is 16.2. The molecule has 0 aromatic heterocycles. The molecule has 1 aliphatic carbocycles. The molecular weight excluding hydrogens is 124 g/mol. The van der Waals surface area contributed by atoms with Crippen LogP contribution in [0.2, 0.25) is 0 Å². The summed E-state index contributed by atoms with van der Waals surface area (Å²) >= 11 is 0. The van der Waals surface area contributed by atoms with E-state index in [0.29, 0.717) is 6.42 Å². The molecule has 1 aliphatic rings. The third-order valence-corrected chi connectivity index (χ3v) is 1.42. The zero-order valence-corrected chi connectivity index (χ0v) is 5.79. The van der Waals surface area contributed by atoms with Gasteiger partial charge in [0.1, 0.15) is 6.29 Å². The van der Waals surface area contributed by atoms with E-state index in [-0.39, 0.29) is 0 Å². The summed E-state index contributed by atoms with van der Waals surface area (Å²) < 4.78 is 0. The van der Waals surface area contributed by atoms with Gasteiger partial charge in [0.2, 0.25) is 0 Å². The van der Waals surface area contributed by atoms with Crippen molar-refractivity contribution in [2.45, 2.75) is 12.8 Å². The molecule has 1 nitrogen and oxygen atoms in total. The Kier molecular flexibility index (Phi) is 2.68. The van der Waals surface area contributed by atoms with Crippen LogP contribution < -0.4 is 0 Å². The van der Waals surface area contributed by atoms with Crippen molar-refractivity contribution in [3.63, 3.8) is 0 Å². The van der Waals surface area contributed by atoms with Crippen molar-refractivity contribution in [3.8, 4) is 0 Å². The Labute approximate surface area is 60.7 Å². The Hall–Kier alpha value is -1.11. The molecule has 0 heterocycles. The van der Waals surface area contributed by atoms with Gasteiger partial charge in [0, 0.05) is 6.42 Å². The SMILES string of the molecule is O=CCC1=CC=CC=CC1. The van der Waals surface area contributed by atoms with E-state index in [1.165, 1.54) is 5.57 Å². The maximum Gasteiger partial charge on any atom is 0.124 e. The van der Waals surface area contributed by atoms with Crippen molar-refractivity contribution in [2.75, 3.05) is 0 Å². The fourth-order valence-electron chi connectivity index (χ4n) is 0.880. The molecule has 1 rings (SSSR count). The Bertz CT molecular complexity index is 197. The second-order valence-electron chi connectivity index (χ2n) is 2.21. The summed E-state index contributed by atoms with van der Waals surface area (Å²) in [6.45, 7) is 0. The standard InChI is InChI=1S/C9H10O/c10-8-7-9-5-3-1-2-4-6-9/h1-5,8H,6-7H2. The lowest BCUT2D eigenvalue weighted by Crippen LogP contribution is -1.80. The second-order valence-corrected chi connectivity index (χ2v) is 2.21. The minimum absolute atomic E-state index is 0.564. The van der Waals surface area contributed by atoms with Crippen LogP contribution in [0.4, 0.5) is 0 Å². The molecular formula is C9H10O. The fourth-order valence-corrected chi connectivity index (χ4v) is 0.880. The first kappa shape index (κ1) is 7.00. The fraction of sp³-hybridized carbons (Fsp3) is 0.222. The largest absolute Gasteiger partial charge is 0.303 e. The van der Waals surface area contributed by atoms with Gasteiger partial charge in [0.05, 0.1) is 0 Å². The van der Waals surface area contributed by atoms with Crippen LogP contribution in [0.1, 0.15) is 12.8 Å². The molecule has 0 unspecified atom stereocenters. The molecule has 0 aromatic rings. The van der Waals surface area contributed by atoms with E-state index in [1.807, 2.05) is 24.3 Å². The highest BCUT2D eigenvalue weighted by Gasteiger charge is 1.92. The van der Waals surface area contributed by atoms with E-state index < -0.39 is 0 Å². The number of rotatable bonds is 2. The van der Waals surface area contributed by atoms with Gasteiger partial charge < -0.3 is 4.79 Å². The molecule has 52 valence electrons. The number of allylic oxidation sites excluding steroid dienone is 6. The van der Waals surface area contributed by atoms with Gasteiger partial charge in [-0.3, -0.25) is 0 Å². The first-order valence-corrected chi connectivity index (χ1v) is 3.38. The molecule has 1 heteroatoms. The van der Waals surface area contributed by atoms with Crippen LogP contribution in [0.3, 0.4) is 0 Å². The van der Waals surface area contributed by atoms with Gasteiger partial charge in [-0.2, -0.15) is 0 Å². The minimum Gasteiger partial charge on any atom is -0.303 e. The molecule has 0 bridgehead atoms. The Morgan fingerprint density at radius 3 is 3.10 bits per heavy atom. The van der Waals surface area contributed by atoms with E-state index >= 15 is 0 Å². The number of carbonyl (C=O) groups excluding carboxylic acids is 1. The lowest BCUT2D eigenvalue weighted by atomic mass is 10.1. The van der Waals surface area contributed by atoms with Crippen molar-refractivity contribution in [1.82, 2.24) is 0 Å². The number of aldehydes is 1. The Morgan fingerprint density at radius 1 is 1.40 bits per heavy atom. The van der Waals surface area contributed by atoms with Gasteiger partial charge in [0.25, 0.3) is 0 Å². The summed E-state index contributed by atoms with van der Waals surface area (Å²) in [6, 6.07) is 0. The van der Waals surface area contributed by atoms with Gasteiger partial charge >= 0.3 is 0 Å². The Morgan fingerprint density at radius 2 is 2.30 bits per heavy atom. The van der Waals surface area contributed by atoms with Gasteiger partial charge in [-0.15, -0.1) is 0 Å². The average molecular weight is 134 g/mol. The molecule has 0 saturated heterocycles. The molecule has 0 amide bonds. The molecule has 0 aliphatic heterocycles. The predicted molar refractivity (Wildman–Crippen MR) is 41.7 cm³/mol. The third-order valence-electron chi connectivity index (χ3n) is 1.42. The summed E-state index contributed by atoms with van der Waals surface area (Å²) in [7, 11) is 0. The zero-order chi connectivity index (χ0) is 7.23. The summed E-state index contributed by atoms with van der Waals surface area (Å²) in [5.74, 6) is 0. The third kappa shape index (κ3) is 2.02. The maximum absolute atomic E-state index is 10.1. The van der Waals surface area contributed by atoms with Crippen LogP contribution >= 0.6 is 0 Å². The summed E-state index contributed by atoms with van der Waals surface area (Å²) in [5, 5.41) is 0. The van der Waals surface area contributed by atoms with Crippen molar-refractivity contribution in [3.05, 3.63) is 36.0 Å².